The summed E-state index contributed by atoms with van der Waals surface area (Å²) < 4.78 is 0.810. The lowest BCUT2D eigenvalue weighted by Gasteiger charge is -2.00. The Morgan fingerprint density at radius 2 is 2.53 bits per heavy atom. The van der Waals surface area contributed by atoms with Gasteiger partial charge in [0.2, 0.25) is 0 Å². The highest BCUT2D eigenvalue weighted by atomic mass is 79.9. The molecule has 0 fully saturated rings. The number of aromatic nitrogens is 3. The predicted octanol–water partition coefficient (Wildman–Crippen LogP) is 1.56. The average molecular weight is 287 g/mol. The van der Waals surface area contributed by atoms with Gasteiger partial charge in [-0.1, -0.05) is 0 Å². The fourth-order valence-corrected chi connectivity index (χ4v) is 2.48. The molecule has 2 rings (SSSR count). The summed E-state index contributed by atoms with van der Waals surface area (Å²) in [7, 11) is 0. The lowest BCUT2D eigenvalue weighted by molar-refractivity contribution is 0.0954. The third kappa shape index (κ3) is 2.42. The third-order valence-corrected chi connectivity index (χ3v) is 3.55. The normalized spacial score (nSPS) is 10.2. The zero-order valence-electron chi connectivity index (χ0n) is 7.53. The highest BCUT2D eigenvalue weighted by Gasteiger charge is 2.11. The number of H-pyrrole nitrogens is 1. The largest absolute Gasteiger partial charge is 0.346 e. The van der Waals surface area contributed by atoms with E-state index in [-0.39, 0.29) is 5.91 Å². The second-order valence-corrected chi connectivity index (χ2v) is 4.51. The van der Waals surface area contributed by atoms with Crippen molar-refractivity contribution in [1.29, 1.82) is 0 Å². The molecule has 0 bridgehead atoms. The van der Waals surface area contributed by atoms with Crippen LogP contribution in [0.15, 0.2) is 22.1 Å². The van der Waals surface area contributed by atoms with Crippen LogP contribution in [-0.4, -0.2) is 21.3 Å². The molecule has 0 spiro atoms. The lowest BCUT2D eigenvalue weighted by atomic mass is 10.4. The van der Waals surface area contributed by atoms with Gasteiger partial charge >= 0.3 is 0 Å². The summed E-state index contributed by atoms with van der Waals surface area (Å²) in [5, 5.41) is 14.6. The minimum Gasteiger partial charge on any atom is -0.346 e. The van der Waals surface area contributed by atoms with Crippen LogP contribution in [0.3, 0.4) is 0 Å². The number of thiophene rings is 1. The number of rotatable bonds is 3. The molecule has 78 valence electrons. The minimum absolute atomic E-state index is 0.111. The molecule has 2 N–H and O–H groups in total. The second-order valence-electron chi connectivity index (χ2n) is 2.74. The number of hydrogen-bond acceptors (Lipinski definition) is 4. The Kier molecular flexibility index (Phi) is 3.12. The van der Waals surface area contributed by atoms with Gasteiger partial charge in [-0.2, -0.15) is 15.4 Å². The Bertz CT molecular complexity index is 453. The molecule has 0 saturated heterocycles. The zero-order chi connectivity index (χ0) is 10.7. The summed E-state index contributed by atoms with van der Waals surface area (Å²) in [6.45, 7) is 0.375. The minimum atomic E-state index is -0.111. The Balaban J connectivity index is 1.96. The van der Waals surface area contributed by atoms with Crippen LogP contribution in [-0.2, 0) is 6.54 Å². The van der Waals surface area contributed by atoms with Gasteiger partial charge < -0.3 is 5.32 Å². The Labute approximate surface area is 98.0 Å². The van der Waals surface area contributed by atoms with Gasteiger partial charge in [-0.15, -0.1) is 11.3 Å². The number of carbonyl (C=O) groups is 1. The number of aromatic amines is 1. The Morgan fingerprint density at radius 1 is 1.67 bits per heavy atom. The number of nitrogens with zero attached hydrogens (tertiary/aromatic N) is 2. The fraction of sp³-hybridized carbons (Fsp3) is 0.125. The first kappa shape index (κ1) is 10.3. The maximum absolute atomic E-state index is 11.6. The first-order valence-corrected chi connectivity index (χ1v) is 5.80. The van der Waals surface area contributed by atoms with E-state index >= 15 is 0 Å². The highest BCUT2D eigenvalue weighted by molar-refractivity contribution is 9.10. The molecule has 0 aliphatic rings. The van der Waals surface area contributed by atoms with E-state index in [2.05, 4.69) is 36.7 Å². The maximum Gasteiger partial charge on any atom is 0.262 e. The molecule has 2 aromatic rings. The van der Waals surface area contributed by atoms with E-state index < -0.39 is 0 Å². The standard InChI is InChI=1S/C8H7BrN4OS/c9-6-1-2-15-7(6)8(14)10-3-5-4-11-13-12-5/h1-2,4H,3H2,(H,10,14)(H,11,12,13). The average Bonchev–Trinajstić information content (AvgIpc) is 2.84. The molecule has 0 aliphatic carbocycles. The van der Waals surface area contributed by atoms with Crippen molar-refractivity contribution in [1.82, 2.24) is 20.7 Å². The van der Waals surface area contributed by atoms with Crippen LogP contribution in [0, 0.1) is 0 Å². The zero-order valence-corrected chi connectivity index (χ0v) is 9.93. The van der Waals surface area contributed by atoms with Crippen molar-refractivity contribution >= 4 is 33.2 Å². The van der Waals surface area contributed by atoms with Crippen molar-refractivity contribution in [2.45, 2.75) is 6.54 Å². The number of hydrogen-bond donors (Lipinski definition) is 2. The Morgan fingerprint density at radius 3 is 3.13 bits per heavy atom. The number of carbonyl (C=O) groups excluding carboxylic acids is 1. The van der Waals surface area contributed by atoms with Crippen LogP contribution < -0.4 is 5.32 Å². The van der Waals surface area contributed by atoms with Crippen molar-refractivity contribution in [3.05, 3.63) is 32.7 Å². The number of amides is 1. The number of nitrogens with one attached hydrogen (secondary N) is 2. The van der Waals surface area contributed by atoms with Crippen LogP contribution in [0.1, 0.15) is 15.4 Å². The molecule has 0 aromatic carbocycles. The topological polar surface area (TPSA) is 70.7 Å². The van der Waals surface area contributed by atoms with Gasteiger partial charge in [0, 0.05) is 4.47 Å². The van der Waals surface area contributed by atoms with Gasteiger partial charge in [0.1, 0.15) is 10.6 Å². The van der Waals surface area contributed by atoms with Crippen molar-refractivity contribution in [2.75, 3.05) is 0 Å². The molecular formula is C8H7BrN4OS. The molecule has 0 radical (unpaired) electrons. The molecule has 5 nitrogen and oxygen atoms in total. The van der Waals surface area contributed by atoms with E-state index in [0.29, 0.717) is 17.1 Å². The van der Waals surface area contributed by atoms with Gasteiger partial charge in [0.15, 0.2) is 0 Å². The van der Waals surface area contributed by atoms with Crippen molar-refractivity contribution < 1.29 is 4.79 Å². The summed E-state index contributed by atoms with van der Waals surface area (Å²) in [5.41, 5.74) is 0.705. The smallest absolute Gasteiger partial charge is 0.262 e. The van der Waals surface area contributed by atoms with E-state index in [1.54, 1.807) is 6.20 Å². The summed E-state index contributed by atoms with van der Waals surface area (Å²) in [5.74, 6) is -0.111. The van der Waals surface area contributed by atoms with E-state index in [9.17, 15) is 4.79 Å². The van der Waals surface area contributed by atoms with E-state index in [1.165, 1.54) is 11.3 Å². The summed E-state index contributed by atoms with van der Waals surface area (Å²) in [6.07, 6.45) is 1.57. The molecule has 0 atom stereocenters. The molecule has 15 heavy (non-hydrogen) atoms. The van der Waals surface area contributed by atoms with Crippen LogP contribution in [0.4, 0.5) is 0 Å². The molecule has 2 heterocycles. The van der Waals surface area contributed by atoms with Gasteiger partial charge in [-0.3, -0.25) is 4.79 Å². The molecule has 7 heteroatoms. The SMILES string of the molecule is O=C(NCc1cn[nH]n1)c1sccc1Br. The van der Waals surface area contributed by atoms with Crippen molar-refractivity contribution in [2.24, 2.45) is 0 Å². The Hall–Kier alpha value is -1.21. The summed E-state index contributed by atoms with van der Waals surface area (Å²) >= 11 is 4.69. The lowest BCUT2D eigenvalue weighted by Crippen LogP contribution is -2.22. The molecule has 0 unspecified atom stereocenters. The van der Waals surface area contributed by atoms with Gasteiger partial charge in [-0.25, -0.2) is 0 Å². The quantitative estimate of drug-likeness (QED) is 0.900. The number of halogens is 1. The van der Waals surface area contributed by atoms with Crippen LogP contribution in [0.5, 0.6) is 0 Å². The molecule has 2 aromatic heterocycles. The summed E-state index contributed by atoms with van der Waals surface area (Å²) in [4.78, 5) is 12.3. The van der Waals surface area contributed by atoms with Crippen LogP contribution in [0.2, 0.25) is 0 Å². The van der Waals surface area contributed by atoms with E-state index in [4.69, 9.17) is 0 Å². The van der Waals surface area contributed by atoms with Gasteiger partial charge in [-0.05, 0) is 27.4 Å². The monoisotopic (exact) mass is 286 g/mol. The van der Waals surface area contributed by atoms with Crippen LogP contribution >= 0.6 is 27.3 Å². The maximum atomic E-state index is 11.6. The molecule has 1 amide bonds. The molecule has 0 aliphatic heterocycles. The van der Waals surface area contributed by atoms with E-state index in [0.717, 1.165) is 4.47 Å². The first-order valence-electron chi connectivity index (χ1n) is 4.13. The van der Waals surface area contributed by atoms with Crippen molar-refractivity contribution in [3.8, 4) is 0 Å². The van der Waals surface area contributed by atoms with Gasteiger partial charge in [0.05, 0.1) is 12.7 Å². The fourth-order valence-electron chi connectivity index (χ4n) is 1.02. The van der Waals surface area contributed by atoms with Crippen LogP contribution in [0.25, 0.3) is 0 Å². The second kappa shape index (κ2) is 4.54. The van der Waals surface area contributed by atoms with Crippen molar-refractivity contribution in [3.63, 3.8) is 0 Å². The predicted molar refractivity (Wildman–Crippen MR) is 59.6 cm³/mol. The molecular weight excluding hydrogens is 280 g/mol. The summed E-state index contributed by atoms with van der Waals surface area (Å²) in [6, 6.07) is 1.84. The first-order chi connectivity index (χ1) is 7.27. The van der Waals surface area contributed by atoms with E-state index in [1.807, 2.05) is 11.4 Å². The highest BCUT2D eigenvalue weighted by Crippen LogP contribution is 2.22. The third-order valence-electron chi connectivity index (χ3n) is 1.72. The molecule has 0 saturated carbocycles. The van der Waals surface area contributed by atoms with Gasteiger partial charge in [0.25, 0.3) is 5.91 Å².